The van der Waals surface area contributed by atoms with Crippen LogP contribution in [0.4, 0.5) is 21.7 Å². The third-order valence-corrected chi connectivity index (χ3v) is 5.76. The maximum Gasteiger partial charge on any atom is 0.246 e. The molecule has 0 unspecified atom stereocenters. The highest BCUT2D eigenvalue weighted by Crippen LogP contribution is 2.29. The summed E-state index contributed by atoms with van der Waals surface area (Å²) in [4.78, 5) is 9.17. The second-order valence-electron chi connectivity index (χ2n) is 7.75. The van der Waals surface area contributed by atoms with Gasteiger partial charge in [-0.2, -0.15) is 4.98 Å². The van der Waals surface area contributed by atoms with Crippen LogP contribution in [0.3, 0.4) is 0 Å². The molecular formula is C22H25FN6O2. The van der Waals surface area contributed by atoms with Gasteiger partial charge in [-0.05, 0) is 24.3 Å². The number of nitrogens with one attached hydrogen (secondary N) is 1. The molecule has 2 fully saturated rings. The van der Waals surface area contributed by atoms with Gasteiger partial charge in [0.05, 0.1) is 32.1 Å². The first kappa shape index (κ1) is 19.8. The van der Waals surface area contributed by atoms with Crippen molar-refractivity contribution in [3.05, 3.63) is 54.6 Å². The lowest BCUT2D eigenvalue weighted by molar-refractivity contribution is -0.0660. The Kier molecular flexibility index (Phi) is 5.44. The highest BCUT2D eigenvalue weighted by molar-refractivity contribution is 5.66. The summed E-state index contributed by atoms with van der Waals surface area (Å²) in [6, 6.07) is 12.8. The molecular weight excluding hydrogens is 399 g/mol. The molecule has 1 aromatic heterocycles. The van der Waals surface area contributed by atoms with Crippen LogP contribution < -0.4 is 15.0 Å². The van der Waals surface area contributed by atoms with Crippen LogP contribution in [0.5, 0.6) is 5.75 Å². The molecule has 0 saturated carbocycles. The Morgan fingerprint density at radius 3 is 2.61 bits per heavy atom. The summed E-state index contributed by atoms with van der Waals surface area (Å²) in [5, 5.41) is 7.65. The van der Waals surface area contributed by atoms with Crippen LogP contribution in [0, 0.1) is 5.82 Å². The van der Waals surface area contributed by atoms with Crippen LogP contribution >= 0.6 is 0 Å². The molecule has 2 aliphatic rings. The van der Waals surface area contributed by atoms with Gasteiger partial charge in [-0.1, -0.05) is 6.07 Å². The molecule has 8 nitrogen and oxygen atoms in total. The van der Waals surface area contributed by atoms with Gasteiger partial charge in [0.25, 0.3) is 0 Å². The van der Waals surface area contributed by atoms with Crippen molar-refractivity contribution >= 4 is 17.3 Å². The van der Waals surface area contributed by atoms with Crippen molar-refractivity contribution in [2.75, 3.05) is 56.7 Å². The van der Waals surface area contributed by atoms with Crippen molar-refractivity contribution in [1.29, 1.82) is 0 Å². The predicted molar refractivity (Wildman–Crippen MR) is 116 cm³/mol. The van der Waals surface area contributed by atoms with Gasteiger partial charge in [-0.15, -0.1) is 5.10 Å². The number of anilines is 3. The third kappa shape index (κ3) is 4.33. The highest BCUT2D eigenvalue weighted by atomic mass is 19.1. The number of nitrogens with zero attached hydrogens (tertiary/aromatic N) is 5. The molecule has 0 radical (unpaired) electrons. The lowest BCUT2D eigenvalue weighted by Crippen LogP contribution is -2.56. The van der Waals surface area contributed by atoms with E-state index >= 15 is 0 Å². The zero-order chi connectivity index (χ0) is 21.2. The summed E-state index contributed by atoms with van der Waals surface area (Å²) < 4.78 is 25.9. The lowest BCUT2D eigenvalue weighted by Gasteiger charge is -2.43. The molecule has 2 saturated heterocycles. The van der Waals surface area contributed by atoms with Gasteiger partial charge >= 0.3 is 0 Å². The average molecular weight is 424 g/mol. The first-order chi connectivity index (χ1) is 15.2. The quantitative estimate of drug-likeness (QED) is 0.653. The van der Waals surface area contributed by atoms with Crippen LogP contribution in [0.15, 0.2) is 48.8 Å². The molecule has 162 valence electrons. The fourth-order valence-corrected chi connectivity index (χ4v) is 3.93. The fourth-order valence-electron chi connectivity index (χ4n) is 3.93. The van der Waals surface area contributed by atoms with E-state index in [0.717, 1.165) is 56.5 Å². The van der Waals surface area contributed by atoms with Crippen molar-refractivity contribution in [3.63, 3.8) is 0 Å². The monoisotopic (exact) mass is 424 g/mol. The van der Waals surface area contributed by atoms with E-state index in [-0.39, 0.29) is 5.82 Å². The number of ether oxygens (including phenoxy) is 2. The van der Waals surface area contributed by atoms with Crippen molar-refractivity contribution in [1.82, 2.24) is 19.7 Å². The average Bonchev–Trinajstić information content (AvgIpc) is 3.21. The summed E-state index contributed by atoms with van der Waals surface area (Å²) in [6.45, 7) is 5.65. The lowest BCUT2D eigenvalue weighted by atomic mass is 10.1. The molecule has 0 amide bonds. The summed E-state index contributed by atoms with van der Waals surface area (Å²) in [7, 11) is 1.66. The van der Waals surface area contributed by atoms with E-state index in [9.17, 15) is 4.39 Å². The van der Waals surface area contributed by atoms with Crippen LogP contribution in [-0.2, 0) is 4.74 Å². The van der Waals surface area contributed by atoms with Crippen molar-refractivity contribution in [2.45, 2.75) is 6.04 Å². The van der Waals surface area contributed by atoms with Crippen molar-refractivity contribution in [2.24, 2.45) is 0 Å². The Balaban J connectivity index is 1.31. The smallest absolute Gasteiger partial charge is 0.246 e. The Labute approximate surface area is 180 Å². The van der Waals surface area contributed by atoms with Gasteiger partial charge in [0.15, 0.2) is 0 Å². The van der Waals surface area contributed by atoms with Crippen LogP contribution in [0.25, 0.3) is 5.69 Å². The van der Waals surface area contributed by atoms with E-state index in [0.29, 0.717) is 17.7 Å². The molecule has 2 aromatic carbocycles. The zero-order valence-corrected chi connectivity index (χ0v) is 17.4. The molecule has 9 heteroatoms. The molecule has 0 bridgehead atoms. The SMILES string of the molecule is COc1cc(Nc2ncn(-c3cccc(F)c3)n2)cc(N2CCN(C3COC3)CC2)c1. The van der Waals surface area contributed by atoms with E-state index in [1.807, 2.05) is 12.1 Å². The number of piperazine rings is 1. The molecule has 5 rings (SSSR count). The highest BCUT2D eigenvalue weighted by Gasteiger charge is 2.29. The van der Waals surface area contributed by atoms with Gasteiger partial charge in [-0.25, -0.2) is 9.07 Å². The molecule has 0 spiro atoms. The molecule has 1 N–H and O–H groups in total. The van der Waals surface area contributed by atoms with Gasteiger partial charge in [0.1, 0.15) is 17.9 Å². The summed E-state index contributed by atoms with van der Waals surface area (Å²) in [6.07, 6.45) is 1.56. The number of halogens is 1. The first-order valence-electron chi connectivity index (χ1n) is 10.4. The Morgan fingerprint density at radius 1 is 1.06 bits per heavy atom. The van der Waals surface area contributed by atoms with E-state index in [4.69, 9.17) is 9.47 Å². The zero-order valence-electron chi connectivity index (χ0n) is 17.4. The normalized spacial score (nSPS) is 17.4. The Hall–Kier alpha value is -3.17. The van der Waals surface area contributed by atoms with E-state index < -0.39 is 0 Å². The number of benzene rings is 2. The molecule has 0 atom stereocenters. The van der Waals surface area contributed by atoms with Gasteiger partial charge in [0.2, 0.25) is 5.95 Å². The second kappa shape index (κ2) is 8.52. The number of rotatable bonds is 6. The molecule has 31 heavy (non-hydrogen) atoms. The molecule has 2 aliphatic heterocycles. The minimum atomic E-state index is -0.315. The topological polar surface area (TPSA) is 67.7 Å². The number of methoxy groups -OCH3 is 1. The first-order valence-corrected chi connectivity index (χ1v) is 10.4. The Bertz CT molecular complexity index is 1050. The molecule has 0 aliphatic carbocycles. The van der Waals surface area contributed by atoms with Crippen molar-refractivity contribution in [3.8, 4) is 11.4 Å². The number of hydrogen-bond acceptors (Lipinski definition) is 7. The van der Waals surface area contributed by atoms with Gasteiger partial charge in [-0.3, -0.25) is 4.90 Å². The largest absolute Gasteiger partial charge is 0.497 e. The molecule has 3 aromatic rings. The van der Waals surface area contributed by atoms with Gasteiger partial charge in [0, 0.05) is 49.7 Å². The van der Waals surface area contributed by atoms with Crippen LogP contribution in [0.2, 0.25) is 0 Å². The van der Waals surface area contributed by atoms with Crippen LogP contribution in [0.1, 0.15) is 0 Å². The van der Waals surface area contributed by atoms with Gasteiger partial charge < -0.3 is 19.7 Å². The van der Waals surface area contributed by atoms with Crippen molar-refractivity contribution < 1.29 is 13.9 Å². The maximum absolute atomic E-state index is 13.5. The Morgan fingerprint density at radius 2 is 1.90 bits per heavy atom. The predicted octanol–water partition coefficient (Wildman–Crippen LogP) is 2.68. The standard InChI is InChI=1S/C22H25FN6O2/c1-30-21-11-17(25-22-24-15-29(26-22)18-4-2-3-16(23)9-18)10-19(12-21)27-5-7-28(8-6-27)20-13-31-14-20/h2-4,9-12,15,20H,5-8,13-14H2,1H3,(H,25,26). The third-order valence-electron chi connectivity index (χ3n) is 5.76. The second-order valence-corrected chi connectivity index (χ2v) is 7.75. The minimum absolute atomic E-state index is 0.315. The van der Waals surface area contributed by atoms with E-state index in [1.165, 1.54) is 16.8 Å². The maximum atomic E-state index is 13.5. The summed E-state index contributed by atoms with van der Waals surface area (Å²) >= 11 is 0. The van der Waals surface area contributed by atoms with Crippen LogP contribution in [-0.4, -0.2) is 72.2 Å². The van der Waals surface area contributed by atoms with E-state index in [1.54, 1.807) is 25.6 Å². The number of aromatic nitrogens is 3. The number of hydrogen-bond donors (Lipinski definition) is 1. The fraction of sp³-hybridized carbons (Fsp3) is 0.364. The summed E-state index contributed by atoms with van der Waals surface area (Å²) in [5.41, 5.74) is 2.54. The van der Waals surface area contributed by atoms with E-state index in [2.05, 4.69) is 31.3 Å². The summed E-state index contributed by atoms with van der Waals surface area (Å²) in [5.74, 6) is 0.877. The molecule has 3 heterocycles. The minimum Gasteiger partial charge on any atom is -0.497 e.